The van der Waals surface area contributed by atoms with Gasteiger partial charge < -0.3 is 9.84 Å². The SMILES string of the molecule is CCCCCCCCCCCCCC(O)OCCCC. The highest BCUT2D eigenvalue weighted by Gasteiger charge is 2.02. The zero-order chi connectivity index (χ0) is 14.9. The van der Waals surface area contributed by atoms with Crippen LogP contribution in [0.25, 0.3) is 0 Å². The van der Waals surface area contributed by atoms with Crippen molar-refractivity contribution < 1.29 is 9.84 Å². The van der Waals surface area contributed by atoms with Crippen LogP contribution in [0.3, 0.4) is 0 Å². The second-order valence-corrected chi connectivity index (χ2v) is 6.00. The predicted octanol–water partition coefficient (Wildman–Crippen LogP) is 5.82. The largest absolute Gasteiger partial charge is 0.368 e. The maximum atomic E-state index is 9.60. The Labute approximate surface area is 127 Å². The fourth-order valence-electron chi connectivity index (χ4n) is 2.43. The minimum atomic E-state index is -0.528. The summed E-state index contributed by atoms with van der Waals surface area (Å²) in [6, 6.07) is 0. The van der Waals surface area contributed by atoms with E-state index in [4.69, 9.17) is 4.74 Å². The molecule has 0 rings (SSSR count). The molecule has 0 aliphatic carbocycles. The van der Waals surface area contributed by atoms with Crippen molar-refractivity contribution in [3.8, 4) is 0 Å². The first kappa shape index (κ1) is 19.9. The molecule has 20 heavy (non-hydrogen) atoms. The van der Waals surface area contributed by atoms with Crippen molar-refractivity contribution in [2.45, 2.75) is 110 Å². The van der Waals surface area contributed by atoms with Crippen molar-refractivity contribution in [2.24, 2.45) is 0 Å². The van der Waals surface area contributed by atoms with Crippen LogP contribution in [0.15, 0.2) is 0 Å². The molecule has 2 heteroatoms. The van der Waals surface area contributed by atoms with E-state index in [2.05, 4.69) is 13.8 Å². The number of hydrogen-bond acceptors (Lipinski definition) is 2. The van der Waals surface area contributed by atoms with Gasteiger partial charge in [0.1, 0.15) is 0 Å². The molecule has 0 heterocycles. The standard InChI is InChI=1S/C18H38O2/c1-3-5-7-8-9-10-11-12-13-14-15-16-18(19)20-17-6-4-2/h18-19H,3-17H2,1-2H3. The summed E-state index contributed by atoms with van der Waals surface area (Å²) in [6.45, 7) is 5.11. The first-order chi connectivity index (χ1) is 9.81. The Balaban J connectivity index is 3.05. The molecule has 1 unspecified atom stereocenters. The van der Waals surface area contributed by atoms with Gasteiger partial charge in [-0.1, -0.05) is 84.5 Å². The number of unbranched alkanes of at least 4 members (excludes halogenated alkanes) is 11. The minimum Gasteiger partial charge on any atom is -0.368 e. The molecule has 0 aliphatic heterocycles. The van der Waals surface area contributed by atoms with E-state index in [1.165, 1.54) is 64.2 Å². The highest BCUT2D eigenvalue weighted by atomic mass is 16.6. The van der Waals surface area contributed by atoms with Gasteiger partial charge in [0.15, 0.2) is 6.29 Å². The second-order valence-electron chi connectivity index (χ2n) is 6.00. The van der Waals surface area contributed by atoms with E-state index in [1.54, 1.807) is 0 Å². The number of aliphatic hydroxyl groups is 1. The lowest BCUT2D eigenvalue weighted by Crippen LogP contribution is -2.12. The average molecular weight is 286 g/mol. The monoisotopic (exact) mass is 286 g/mol. The van der Waals surface area contributed by atoms with Crippen LogP contribution in [0, 0.1) is 0 Å². The Morgan fingerprint density at radius 1 is 0.650 bits per heavy atom. The smallest absolute Gasteiger partial charge is 0.154 e. The lowest BCUT2D eigenvalue weighted by atomic mass is 10.1. The molecule has 0 aliphatic rings. The summed E-state index contributed by atoms with van der Waals surface area (Å²) in [6.07, 6.45) is 17.3. The van der Waals surface area contributed by atoms with Crippen LogP contribution in [-0.4, -0.2) is 18.0 Å². The van der Waals surface area contributed by atoms with E-state index in [0.717, 1.165) is 25.7 Å². The molecule has 1 N–H and O–H groups in total. The molecule has 0 saturated carbocycles. The Bertz CT molecular complexity index is 171. The summed E-state index contributed by atoms with van der Waals surface area (Å²) >= 11 is 0. The maximum Gasteiger partial charge on any atom is 0.154 e. The van der Waals surface area contributed by atoms with Crippen LogP contribution in [-0.2, 0) is 4.74 Å². The summed E-state index contributed by atoms with van der Waals surface area (Å²) in [7, 11) is 0. The van der Waals surface area contributed by atoms with Crippen LogP contribution in [0.4, 0.5) is 0 Å². The Hall–Kier alpha value is -0.0800. The molecule has 0 aromatic rings. The van der Waals surface area contributed by atoms with Gasteiger partial charge in [-0.2, -0.15) is 0 Å². The molecule has 2 nitrogen and oxygen atoms in total. The molecule has 0 spiro atoms. The van der Waals surface area contributed by atoms with Gasteiger partial charge in [0.2, 0.25) is 0 Å². The van der Waals surface area contributed by atoms with Crippen molar-refractivity contribution in [1.29, 1.82) is 0 Å². The normalized spacial score (nSPS) is 12.8. The van der Waals surface area contributed by atoms with E-state index >= 15 is 0 Å². The molecule has 0 bridgehead atoms. The molecule has 0 amide bonds. The molecule has 0 radical (unpaired) electrons. The molecule has 0 aromatic carbocycles. The molecular weight excluding hydrogens is 248 g/mol. The van der Waals surface area contributed by atoms with E-state index in [-0.39, 0.29) is 0 Å². The highest BCUT2D eigenvalue weighted by Crippen LogP contribution is 2.12. The van der Waals surface area contributed by atoms with Crippen LogP contribution >= 0.6 is 0 Å². The molecule has 0 fully saturated rings. The van der Waals surface area contributed by atoms with E-state index in [9.17, 15) is 5.11 Å². The van der Waals surface area contributed by atoms with Crippen LogP contribution < -0.4 is 0 Å². The Morgan fingerprint density at radius 3 is 1.60 bits per heavy atom. The maximum absolute atomic E-state index is 9.60. The Morgan fingerprint density at radius 2 is 1.10 bits per heavy atom. The van der Waals surface area contributed by atoms with Gasteiger partial charge >= 0.3 is 0 Å². The summed E-state index contributed by atoms with van der Waals surface area (Å²) in [4.78, 5) is 0. The lowest BCUT2D eigenvalue weighted by Gasteiger charge is -2.11. The number of ether oxygens (including phenoxy) is 1. The molecule has 0 saturated heterocycles. The highest BCUT2D eigenvalue weighted by molar-refractivity contribution is 4.50. The predicted molar refractivity (Wildman–Crippen MR) is 87.9 cm³/mol. The third kappa shape index (κ3) is 16.0. The van der Waals surface area contributed by atoms with E-state index in [0.29, 0.717) is 6.61 Å². The number of rotatable bonds is 16. The van der Waals surface area contributed by atoms with Crippen LogP contribution in [0.2, 0.25) is 0 Å². The van der Waals surface area contributed by atoms with Gasteiger partial charge in [-0.15, -0.1) is 0 Å². The van der Waals surface area contributed by atoms with Crippen LogP contribution in [0.5, 0.6) is 0 Å². The van der Waals surface area contributed by atoms with Gasteiger partial charge in [0.25, 0.3) is 0 Å². The number of aliphatic hydroxyl groups excluding tert-OH is 1. The lowest BCUT2D eigenvalue weighted by molar-refractivity contribution is -0.104. The first-order valence-corrected chi connectivity index (χ1v) is 9.11. The fraction of sp³-hybridized carbons (Fsp3) is 1.00. The van der Waals surface area contributed by atoms with Crippen LogP contribution in [0.1, 0.15) is 104 Å². The minimum absolute atomic E-state index is 0.528. The van der Waals surface area contributed by atoms with Gasteiger partial charge in [-0.05, 0) is 19.3 Å². The molecule has 1 atom stereocenters. The fourth-order valence-corrected chi connectivity index (χ4v) is 2.43. The van der Waals surface area contributed by atoms with E-state index < -0.39 is 6.29 Å². The van der Waals surface area contributed by atoms with Gasteiger partial charge in [0.05, 0.1) is 0 Å². The average Bonchev–Trinajstić information content (AvgIpc) is 2.45. The summed E-state index contributed by atoms with van der Waals surface area (Å²) in [5.74, 6) is 0. The first-order valence-electron chi connectivity index (χ1n) is 9.11. The quantitative estimate of drug-likeness (QED) is 0.286. The van der Waals surface area contributed by atoms with Gasteiger partial charge in [0, 0.05) is 6.61 Å². The summed E-state index contributed by atoms with van der Waals surface area (Å²) < 4.78 is 5.33. The van der Waals surface area contributed by atoms with Crippen molar-refractivity contribution in [3.05, 3.63) is 0 Å². The Kier molecular flexibility index (Phi) is 16.9. The second kappa shape index (κ2) is 17.0. The molecule has 0 aromatic heterocycles. The van der Waals surface area contributed by atoms with Gasteiger partial charge in [-0.3, -0.25) is 0 Å². The zero-order valence-electron chi connectivity index (χ0n) is 14.0. The molecular formula is C18H38O2. The molecule has 122 valence electrons. The van der Waals surface area contributed by atoms with Crippen molar-refractivity contribution in [1.82, 2.24) is 0 Å². The van der Waals surface area contributed by atoms with Crippen molar-refractivity contribution in [2.75, 3.05) is 6.61 Å². The summed E-state index contributed by atoms with van der Waals surface area (Å²) in [5, 5.41) is 9.60. The zero-order valence-corrected chi connectivity index (χ0v) is 14.0. The summed E-state index contributed by atoms with van der Waals surface area (Å²) in [5.41, 5.74) is 0. The van der Waals surface area contributed by atoms with Gasteiger partial charge in [-0.25, -0.2) is 0 Å². The van der Waals surface area contributed by atoms with Crippen molar-refractivity contribution in [3.63, 3.8) is 0 Å². The number of hydrogen-bond donors (Lipinski definition) is 1. The van der Waals surface area contributed by atoms with E-state index in [1.807, 2.05) is 0 Å². The third-order valence-corrected chi connectivity index (χ3v) is 3.86. The van der Waals surface area contributed by atoms with Crippen molar-refractivity contribution >= 4 is 0 Å². The topological polar surface area (TPSA) is 29.5 Å². The third-order valence-electron chi connectivity index (χ3n) is 3.86.